The number of hydrogen-bond acceptors (Lipinski definition) is 2. The van der Waals surface area contributed by atoms with Gasteiger partial charge >= 0.3 is 0 Å². The van der Waals surface area contributed by atoms with E-state index in [4.69, 9.17) is 5.73 Å². The van der Waals surface area contributed by atoms with Crippen molar-refractivity contribution in [3.8, 4) is 0 Å². The first-order chi connectivity index (χ1) is 6.56. The van der Waals surface area contributed by atoms with Gasteiger partial charge in [-0.15, -0.1) is 6.58 Å². The standard InChI is InChI=1S/C10H12F2N2/c1-3-4-14(2)10-8(11)5-7(13)6-9(10)12/h3,5-6H,1,4,13H2,2H3. The van der Waals surface area contributed by atoms with E-state index in [1.54, 1.807) is 13.1 Å². The summed E-state index contributed by atoms with van der Waals surface area (Å²) in [6.07, 6.45) is 1.56. The van der Waals surface area contributed by atoms with Crippen molar-refractivity contribution in [1.82, 2.24) is 0 Å². The topological polar surface area (TPSA) is 29.3 Å². The van der Waals surface area contributed by atoms with Crippen LogP contribution in [0.15, 0.2) is 24.8 Å². The fourth-order valence-corrected chi connectivity index (χ4v) is 1.23. The van der Waals surface area contributed by atoms with E-state index in [2.05, 4.69) is 6.58 Å². The van der Waals surface area contributed by atoms with Gasteiger partial charge in [-0.2, -0.15) is 0 Å². The number of nitrogen functional groups attached to an aromatic ring is 1. The maximum Gasteiger partial charge on any atom is 0.151 e. The van der Waals surface area contributed by atoms with Crippen LogP contribution < -0.4 is 10.6 Å². The molecule has 2 nitrogen and oxygen atoms in total. The Bertz CT molecular complexity index is 327. The van der Waals surface area contributed by atoms with Gasteiger partial charge in [-0.25, -0.2) is 8.78 Å². The van der Waals surface area contributed by atoms with Crippen LogP contribution in [-0.2, 0) is 0 Å². The molecule has 0 unspecified atom stereocenters. The average Bonchev–Trinajstić information content (AvgIpc) is 2.01. The van der Waals surface area contributed by atoms with Gasteiger partial charge in [0, 0.05) is 19.3 Å². The maximum atomic E-state index is 13.3. The molecule has 14 heavy (non-hydrogen) atoms. The minimum absolute atomic E-state index is 0.0794. The largest absolute Gasteiger partial charge is 0.399 e. The second-order valence-electron chi connectivity index (χ2n) is 3.00. The summed E-state index contributed by atoms with van der Waals surface area (Å²) in [5.41, 5.74) is 5.28. The Morgan fingerprint density at radius 1 is 1.43 bits per heavy atom. The molecule has 0 bridgehead atoms. The van der Waals surface area contributed by atoms with Crippen molar-refractivity contribution in [2.75, 3.05) is 24.2 Å². The van der Waals surface area contributed by atoms with E-state index in [0.717, 1.165) is 12.1 Å². The number of nitrogens with two attached hydrogens (primary N) is 1. The predicted molar refractivity (Wildman–Crippen MR) is 54.2 cm³/mol. The highest BCUT2D eigenvalue weighted by Crippen LogP contribution is 2.24. The van der Waals surface area contributed by atoms with Crippen molar-refractivity contribution in [1.29, 1.82) is 0 Å². The molecule has 0 saturated heterocycles. The van der Waals surface area contributed by atoms with E-state index < -0.39 is 11.6 Å². The number of likely N-dealkylation sites (N-methyl/N-ethyl adjacent to an activating group) is 1. The molecule has 0 saturated carbocycles. The molecule has 0 spiro atoms. The Kier molecular flexibility index (Phi) is 3.06. The number of benzene rings is 1. The Morgan fingerprint density at radius 3 is 2.36 bits per heavy atom. The molecule has 0 radical (unpaired) electrons. The van der Waals surface area contributed by atoms with E-state index in [9.17, 15) is 8.78 Å². The highest BCUT2D eigenvalue weighted by atomic mass is 19.1. The minimum atomic E-state index is -0.660. The second kappa shape index (κ2) is 4.09. The van der Waals surface area contributed by atoms with Gasteiger partial charge in [0.1, 0.15) is 5.69 Å². The number of halogens is 2. The van der Waals surface area contributed by atoms with Crippen molar-refractivity contribution in [3.63, 3.8) is 0 Å². The first kappa shape index (κ1) is 10.5. The molecule has 1 aromatic rings. The third-order valence-electron chi connectivity index (χ3n) is 1.82. The monoisotopic (exact) mass is 198 g/mol. The summed E-state index contributed by atoms with van der Waals surface area (Å²) in [7, 11) is 1.58. The molecule has 76 valence electrons. The predicted octanol–water partition coefficient (Wildman–Crippen LogP) is 2.17. The van der Waals surface area contributed by atoms with E-state index >= 15 is 0 Å². The Labute approximate surface area is 81.6 Å². The summed E-state index contributed by atoms with van der Waals surface area (Å²) in [6.45, 7) is 3.86. The van der Waals surface area contributed by atoms with Crippen LogP contribution in [0.5, 0.6) is 0 Å². The van der Waals surface area contributed by atoms with Crippen molar-refractivity contribution < 1.29 is 8.78 Å². The van der Waals surface area contributed by atoms with Crippen LogP contribution in [0.4, 0.5) is 20.2 Å². The van der Waals surface area contributed by atoms with Crippen LogP contribution in [0.3, 0.4) is 0 Å². The quantitative estimate of drug-likeness (QED) is 0.595. The SMILES string of the molecule is C=CCN(C)c1c(F)cc(N)cc1F. The average molecular weight is 198 g/mol. The number of hydrogen-bond donors (Lipinski definition) is 1. The first-order valence-electron chi connectivity index (χ1n) is 4.12. The van der Waals surface area contributed by atoms with Gasteiger partial charge in [0.2, 0.25) is 0 Å². The Hall–Kier alpha value is -1.58. The summed E-state index contributed by atoms with van der Waals surface area (Å²) in [6, 6.07) is 2.19. The number of rotatable bonds is 3. The zero-order valence-electron chi connectivity index (χ0n) is 7.93. The second-order valence-corrected chi connectivity index (χ2v) is 3.00. The van der Waals surface area contributed by atoms with Crippen LogP contribution in [0.2, 0.25) is 0 Å². The van der Waals surface area contributed by atoms with E-state index in [1.165, 1.54) is 4.90 Å². The van der Waals surface area contributed by atoms with Gasteiger partial charge in [-0.3, -0.25) is 0 Å². The molecule has 0 aliphatic heterocycles. The van der Waals surface area contributed by atoms with Crippen LogP contribution in [-0.4, -0.2) is 13.6 Å². The van der Waals surface area contributed by atoms with Gasteiger partial charge in [0.15, 0.2) is 11.6 Å². The molecule has 0 aliphatic carbocycles. The summed E-state index contributed by atoms with van der Waals surface area (Å²) in [5, 5.41) is 0. The summed E-state index contributed by atoms with van der Waals surface area (Å²) in [5.74, 6) is -1.32. The Morgan fingerprint density at radius 2 is 1.93 bits per heavy atom. The van der Waals surface area contributed by atoms with Crippen molar-refractivity contribution in [2.45, 2.75) is 0 Å². The highest BCUT2D eigenvalue weighted by Gasteiger charge is 2.13. The minimum Gasteiger partial charge on any atom is -0.399 e. The zero-order chi connectivity index (χ0) is 10.7. The highest BCUT2D eigenvalue weighted by molar-refractivity contribution is 5.55. The molecule has 0 fully saturated rings. The molecule has 2 N–H and O–H groups in total. The van der Waals surface area contributed by atoms with E-state index in [-0.39, 0.29) is 11.4 Å². The summed E-state index contributed by atoms with van der Waals surface area (Å²) in [4.78, 5) is 1.43. The molecule has 1 aromatic carbocycles. The van der Waals surface area contributed by atoms with Gasteiger partial charge in [0.05, 0.1) is 0 Å². The normalized spacial score (nSPS) is 9.93. The lowest BCUT2D eigenvalue weighted by molar-refractivity contribution is 0.581. The first-order valence-corrected chi connectivity index (χ1v) is 4.12. The molecular formula is C10H12F2N2. The van der Waals surface area contributed by atoms with Gasteiger partial charge < -0.3 is 10.6 Å². The van der Waals surface area contributed by atoms with E-state index in [0.29, 0.717) is 6.54 Å². The molecule has 0 amide bonds. The third kappa shape index (κ3) is 2.02. The molecule has 0 atom stereocenters. The molecular weight excluding hydrogens is 186 g/mol. The van der Waals surface area contributed by atoms with Crippen LogP contribution in [0.1, 0.15) is 0 Å². The molecule has 4 heteroatoms. The fourth-order valence-electron chi connectivity index (χ4n) is 1.23. The van der Waals surface area contributed by atoms with E-state index in [1.807, 2.05) is 0 Å². The summed E-state index contributed by atoms with van der Waals surface area (Å²) >= 11 is 0. The van der Waals surface area contributed by atoms with Gasteiger partial charge in [-0.05, 0) is 12.1 Å². The smallest absolute Gasteiger partial charge is 0.151 e. The van der Waals surface area contributed by atoms with Gasteiger partial charge in [-0.1, -0.05) is 6.08 Å². The molecule has 0 heterocycles. The Balaban J connectivity index is 3.13. The van der Waals surface area contributed by atoms with Crippen LogP contribution >= 0.6 is 0 Å². The molecule has 0 aromatic heterocycles. The van der Waals surface area contributed by atoms with Crippen molar-refractivity contribution >= 4 is 11.4 Å². The number of nitrogens with zero attached hydrogens (tertiary/aromatic N) is 1. The van der Waals surface area contributed by atoms with Gasteiger partial charge in [0.25, 0.3) is 0 Å². The lowest BCUT2D eigenvalue weighted by atomic mass is 10.2. The summed E-state index contributed by atoms with van der Waals surface area (Å²) < 4.78 is 26.6. The maximum absolute atomic E-state index is 13.3. The van der Waals surface area contributed by atoms with Crippen molar-refractivity contribution in [2.24, 2.45) is 0 Å². The van der Waals surface area contributed by atoms with Crippen molar-refractivity contribution in [3.05, 3.63) is 36.4 Å². The van der Waals surface area contributed by atoms with Crippen LogP contribution in [0, 0.1) is 11.6 Å². The third-order valence-corrected chi connectivity index (χ3v) is 1.82. The fraction of sp³-hybridized carbons (Fsp3) is 0.200. The zero-order valence-corrected chi connectivity index (χ0v) is 7.93. The lowest BCUT2D eigenvalue weighted by Gasteiger charge is -2.18. The molecule has 1 rings (SSSR count). The molecule has 0 aliphatic rings. The van der Waals surface area contributed by atoms with Crippen LogP contribution in [0.25, 0.3) is 0 Å². The number of anilines is 2. The lowest BCUT2D eigenvalue weighted by Crippen LogP contribution is -2.19.